The van der Waals surface area contributed by atoms with Gasteiger partial charge in [0.1, 0.15) is 17.0 Å². The molecule has 3 aromatic rings. The molecule has 22 heavy (non-hydrogen) atoms. The van der Waals surface area contributed by atoms with Crippen LogP contribution in [0.25, 0.3) is 22.6 Å². The lowest BCUT2D eigenvalue weighted by Crippen LogP contribution is -1.90. The van der Waals surface area contributed by atoms with Gasteiger partial charge in [-0.25, -0.2) is 4.98 Å². The zero-order valence-corrected chi connectivity index (χ0v) is 11.9. The molecule has 0 aliphatic carbocycles. The Bertz CT molecular complexity index is 856. The van der Waals surface area contributed by atoms with E-state index in [-0.39, 0.29) is 5.69 Å². The second kappa shape index (κ2) is 5.36. The molecule has 0 saturated carbocycles. The monoisotopic (exact) mass is 300 g/mol. The summed E-state index contributed by atoms with van der Waals surface area (Å²) in [5.74, 6) is 1.52. The standard InChI is InChI=1S/C15H12N2O5/c1-20-10-4-5-11(14(8-10)21-2)15-16-12-7-9(17(18)19)3-6-13(12)22-15/h3-8H,1-2H3. The number of methoxy groups -OCH3 is 2. The molecule has 3 rings (SSSR count). The molecule has 0 atom stereocenters. The number of hydrogen-bond donors (Lipinski definition) is 0. The molecule has 112 valence electrons. The van der Waals surface area contributed by atoms with Crippen LogP contribution >= 0.6 is 0 Å². The predicted octanol–water partition coefficient (Wildman–Crippen LogP) is 3.42. The number of benzene rings is 2. The van der Waals surface area contributed by atoms with E-state index in [0.29, 0.717) is 34.1 Å². The summed E-state index contributed by atoms with van der Waals surface area (Å²) < 4.78 is 16.1. The number of fused-ring (bicyclic) bond motifs is 1. The van der Waals surface area contributed by atoms with Crippen LogP contribution in [0, 0.1) is 10.1 Å². The van der Waals surface area contributed by atoms with Crippen LogP contribution in [0.4, 0.5) is 5.69 Å². The van der Waals surface area contributed by atoms with E-state index in [1.54, 1.807) is 25.3 Å². The maximum atomic E-state index is 10.8. The van der Waals surface area contributed by atoms with Gasteiger partial charge in [-0.2, -0.15) is 0 Å². The van der Waals surface area contributed by atoms with Crippen molar-refractivity contribution in [3.63, 3.8) is 0 Å². The third-order valence-electron chi connectivity index (χ3n) is 3.22. The van der Waals surface area contributed by atoms with Gasteiger partial charge in [-0.3, -0.25) is 10.1 Å². The van der Waals surface area contributed by atoms with Crippen molar-refractivity contribution in [2.24, 2.45) is 0 Å². The van der Waals surface area contributed by atoms with Crippen molar-refractivity contribution in [2.75, 3.05) is 14.2 Å². The first kappa shape index (κ1) is 13.9. The van der Waals surface area contributed by atoms with E-state index < -0.39 is 4.92 Å². The van der Waals surface area contributed by atoms with E-state index in [1.807, 2.05) is 0 Å². The van der Waals surface area contributed by atoms with Gasteiger partial charge in [0.25, 0.3) is 5.69 Å². The van der Waals surface area contributed by atoms with Crippen molar-refractivity contribution in [1.29, 1.82) is 0 Å². The molecule has 0 unspecified atom stereocenters. The summed E-state index contributed by atoms with van der Waals surface area (Å²) in [5, 5.41) is 10.8. The molecular weight excluding hydrogens is 288 g/mol. The first-order valence-corrected chi connectivity index (χ1v) is 6.40. The first-order chi connectivity index (χ1) is 10.6. The average molecular weight is 300 g/mol. The lowest BCUT2D eigenvalue weighted by Gasteiger charge is -2.07. The van der Waals surface area contributed by atoms with Crippen LogP contribution in [-0.2, 0) is 0 Å². The smallest absolute Gasteiger partial charge is 0.271 e. The van der Waals surface area contributed by atoms with Gasteiger partial charge < -0.3 is 13.9 Å². The van der Waals surface area contributed by atoms with Crippen molar-refractivity contribution in [2.45, 2.75) is 0 Å². The summed E-state index contributed by atoms with van der Waals surface area (Å²) >= 11 is 0. The average Bonchev–Trinajstić information content (AvgIpc) is 2.96. The molecule has 0 spiro atoms. The second-order valence-electron chi connectivity index (χ2n) is 4.49. The van der Waals surface area contributed by atoms with Crippen LogP contribution in [-0.4, -0.2) is 24.1 Å². The summed E-state index contributed by atoms with van der Waals surface area (Å²) in [6.45, 7) is 0. The number of ether oxygens (including phenoxy) is 2. The summed E-state index contributed by atoms with van der Waals surface area (Å²) in [6.07, 6.45) is 0. The van der Waals surface area contributed by atoms with Gasteiger partial charge in [0.15, 0.2) is 5.58 Å². The highest BCUT2D eigenvalue weighted by Gasteiger charge is 2.16. The summed E-state index contributed by atoms with van der Waals surface area (Å²) in [4.78, 5) is 14.6. The molecule has 0 aliphatic rings. The number of hydrogen-bond acceptors (Lipinski definition) is 6. The van der Waals surface area contributed by atoms with E-state index in [0.717, 1.165) is 0 Å². The van der Waals surface area contributed by atoms with Crippen LogP contribution in [0.2, 0.25) is 0 Å². The Morgan fingerprint density at radius 3 is 2.64 bits per heavy atom. The fraction of sp³-hybridized carbons (Fsp3) is 0.133. The Balaban J connectivity index is 2.12. The van der Waals surface area contributed by atoms with E-state index >= 15 is 0 Å². The molecule has 0 N–H and O–H groups in total. The van der Waals surface area contributed by atoms with Gasteiger partial charge in [0.05, 0.1) is 24.7 Å². The third-order valence-corrected chi connectivity index (χ3v) is 3.22. The lowest BCUT2D eigenvalue weighted by atomic mass is 10.2. The number of nitro groups is 1. The van der Waals surface area contributed by atoms with Crippen LogP contribution in [0.5, 0.6) is 11.5 Å². The number of nitrogens with zero attached hydrogens (tertiary/aromatic N) is 2. The zero-order chi connectivity index (χ0) is 15.7. The minimum absolute atomic E-state index is 0.0333. The minimum Gasteiger partial charge on any atom is -0.497 e. The number of rotatable bonds is 4. The quantitative estimate of drug-likeness (QED) is 0.542. The van der Waals surface area contributed by atoms with Crippen LogP contribution in [0.15, 0.2) is 40.8 Å². The highest BCUT2D eigenvalue weighted by molar-refractivity contribution is 5.79. The fourth-order valence-corrected chi connectivity index (χ4v) is 2.12. The molecule has 2 aromatic carbocycles. The Labute approximate surface area is 125 Å². The molecule has 0 radical (unpaired) electrons. The molecule has 0 amide bonds. The largest absolute Gasteiger partial charge is 0.497 e. The van der Waals surface area contributed by atoms with Gasteiger partial charge >= 0.3 is 0 Å². The van der Waals surface area contributed by atoms with E-state index in [4.69, 9.17) is 13.9 Å². The summed E-state index contributed by atoms with van der Waals surface area (Å²) in [5.41, 5.74) is 1.50. The van der Waals surface area contributed by atoms with Crippen LogP contribution in [0.1, 0.15) is 0 Å². The molecular formula is C15H12N2O5. The van der Waals surface area contributed by atoms with Gasteiger partial charge in [0.2, 0.25) is 5.89 Å². The SMILES string of the molecule is COc1ccc(-c2nc3cc([N+](=O)[O-])ccc3o2)c(OC)c1. The van der Waals surface area contributed by atoms with Crippen molar-refractivity contribution in [3.05, 3.63) is 46.5 Å². The fourth-order valence-electron chi connectivity index (χ4n) is 2.12. The molecule has 0 fully saturated rings. The first-order valence-electron chi connectivity index (χ1n) is 6.40. The molecule has 0 aliphatic heterocycles. The highest BCUT2D eigenvalue weighted by Crippen LogP contribution is 2.35. The highest BCUT2D eigenvalue weighted by atomic mass is 16.6. The Kier molecular flexibility index (Phi) is 3.38. The van der Waals surface area contributed by atoms with Gasteiger partial charge in [-0.1, -0.05) is 0 Å². The van der Waals surface area contributed by atoms with Crippen molar-refractivity contribution in [1.82, 2.24) is 4.98 Å². The van der Waals surface area contributed by atoms with E-state index in [9.17, 15) is 10.1 Å². The van der Waals surface area contributed by atoms with E-state index in [2.05, 4.69) is 4.98 Å². The number of non-ortho nitro benzene ring substituents is 1. The topological polar surface area (TPSA) is 87.6 Å². The van der Waals surface area contributed by atoms with Crippen molar-refractivity contribution in [3.8, 4) is 23.0 Å². The normalized spacial score (nSPS) is 10.6. The van der Waals surface area contributed by atoms with Gasteiger partial charge in [-0.05, 0) is 18.2 Å². The second-order valence-corrected chi connectivity index (χ2v) is 4.49. The van der Waals surface area contributed by atoms with Crippen LogP contribution in [0.3, 0.4) is 0 Å². The molecule has 7 heteroatoms. The van der Waals surface area contributed by atoms with Gasteiger partial charge in [-0.15, -0.1) is 0 Å². The Hall–Kier alpha value is -3.09. The maximum Gasteiger partial charge on any atom is 0.271 e. The molecule has 0 bridgehead atoms. The number of nitro benzene ring substituents is 1. The van der Waals surface area contributed by atoms with Crippen molar-refractivity contribution >= 4 is 16.8 Å². The molecule has 1 aromatic heterocycles. The Morgan fingerprint density at radius 1 is 1.14 bits per heavy atom. The number of oxazole rings is 1. The van der Waals surface area contributed by atoms with Gasteiger partial charge in [0, 0.05) is 18.2 Å². The molecule has 1 heterocycles. The predicted molar refractivity (Wildman–Crippen MR) is 79.2 cm³/mol. The minimum atomic E-state index is -0.470. The third kappa shape index (κ3) is 2.32. The summed E-state index contributed by atoms with van der Waals surface area (Å²) in [6, 6.07) is 9.51. The van der Waals surface area contributed by atoms with E-state index in [1.165, 1.54) is 25.3 Å². The van der Waals surface area contributed by atoms with Crippen molar-refractivity contribution < 1.29 is 18.8 Å². The number of aromatic nitrogens is 1. The maximum absolute atomic E-state index is 10.8. The lowest BCUT2D eigenvalue weighted by molar-refractivity contribution is -0.384. The summed E-state index contributed by atoms with van der Waals surface area (Å²) in [7, 11) is 3.10. The zero-order valence-electron chi connectivity index (χ0n) is 11.9. The van der Waals surface area contributed by atoms with Crippen LogP contribution < -0.4 is 9.47 Å². The Morgan fingerprint density at radius 2 is 1.95 bits per heavy atom. The molecule has 7 nitrogen and oxygen atoms in total. The molecule has 0 saturated heterocycles.